The number of nitrogens with one attached hydrogen (secondary N) is 2. The summed E-state index contributed by atoms with van der Waals surface area (Å²) in [5.74, 6) is -2.25. The maximum atomic E-state index is 12.0. The van der Waals surface area contributed by atoms with Crippen molar-refractivity contribution in [2.75, 3.05) is 12.4 Å². The van der Waals surface area contributed by atoms with Crippen LogP contribution in [0.4, 0.5) is 5.69 Å². The van der Waals surface area contributed by atoms with Crippen LogP contribution in [0.5, 0.6) is 11.5 Å². The quantitative estimate of drug-likeness (QED) is 0.183. The van der Waals surface area contributed by atoms with E-state index in [1.54, 1.807) is 24.3 Å². The van der Waals surface area contributed by atoms with Crippen LogP contribution in [0.3, 0.4) is 0 Å². The molecule has 0 aliphatic carbocycles. The van der Waals surface area contributed by atoms with Crippen LogP contribution in [0.2, 0.25) is 10.0 Å². The highest BCUT2D eigenvalue weighted by molar-refractivity contribution is 6.45. The van der Waals surface area contributed by atoms with Crippen molar-refractivity contribution in [2.45, 2.75) is 0 Å². The van der Waals surface area contributed by atoms with Crippen molar-refractivity contribution in [1.29, 1.82) is 0 Å². The van der Waals surface area contributed by atoms with Gasteiger partial charge in [0.1, 0.15) is 0 Å². The minimum atomic E-state index is -1.02. The van der Waals surface area contributed by atoms with Crippen LogP contribution in [0, 0.1) is 0 Å². The molecule has 0 spiro atoms. The van der Waals surface area contributed by atoms with Crippen molar-refractivity contribution in [1.82, 2.24) is 5.43 Å². The number of hydrogen-bond donors (Lipinski definition) is 2. The van der Waals surface area contributed by atoms with Gasteiger partial charge in [0.25, 0.3) is 0 Å². The average molecular weight is 476 g/mol. The monoisotopic (exact) mass is 475 g/mol. The summed E-state index contributed by atoms with van der Waals surface area (Å²) in [5, 5.41) is 6.41. The zero-order chi connectivity index (χ0) is 23.1. The van der Waals surface area contributed by atoms with Crippen LogP contribution in [0.1, 0.15) is 16.1 Å². The number of esters is 1. The fourth-order valence-corrected chi connectivity index (χ4v) is 2.74. The van der Waals surface area contributed by atoms with E-state index in [0.29, 0.717) is 5.56 Å². The Hall–Kier alpha value is -3.82. The lowest BCUT2D eigenvalue weighted by Gasteiger charge is -2.09. The maximum Gasteiger partial charge on any atom is 0.379 e. The molecule has 3 aromatic rings. The number of methoxy groups -OCH3 is 1. The number of hydrogen-bond acceptors (Lipinski definition) is 7. The van der Waals surface area contributed by atoms with E-state index < -0.39 is 17.8 Å². The van der Waals surface area contributed by atoms with Gasteiger partial charge >= 0.3 is 17.8 Å². The number of halogens is 2. The van der Waals surface area contributed by atoms with Crippen LogP contribution in [0.25, 0.3) is 0 Å². The van der Waals surface area contributed by atoms with Gasteiger partial charge in [-0.25, -0.2) is 10.2 Å². The molecule has 2 aromatic carbocycles. The molecule has 0 radical (unpaired) electrons. The molecule has 1 aromatic heterocycles. The molecule has 3 rings (SSSR count). The first-order chi connectivity index (χ1) is 15.4. The minimum Gasteiger partial charge on any atom is -0.493 e. The molecule has 2 N–H and O–H groups in total. The van der Waals surface area contributed by atoms with Crippen LogP contribution in [-0.4, -0.2) is 31.1 Å². The van der Waals surface area contributed by atoms with Gasteiger partial charge in [0, 0.05) is 0 Å². The Morgan fingerprint density at radius 2 is 1.84 bits per heavy atom. The van der Waals surface area contributed by atoms with E-state index in [2.05, 4.69) is 15.8 Å². The summed E-state index contributed by atoms with van der Waals surface area (Å²) < 4.78 is 15.4. The lowest BCUT2D eigenvalue weighted by molar-refractivity contribution is -0.136. The number of amides is 2. The summed E-state index contributed by atoms with van der Waals surface area (Å²) in [6.45, 7) is 0. The number of furan rings is 1. The SMILES string of the molecule is COc1cc(C=NNC(=O)C(=O)Nc2cccc(Cl)c2Cl)ccc1OC(=O)c1ccco1. The highest BCUT2D eigenvalue weighted by atomic mass is 35.5. The second kappa shape index (κ2) is 10.5. The number of benzene rings is 2. The second-order valence-corrected chi connectivity index (χ2v) is 6.82. The highest BCUT2D eigenvalue weighted by Crippen LogP contribution is 2.30. The molecule has 32 heavy (non-hydrogen) atoms. The molecule has 0 bridgehead atoms. The topological polar surface area (TPSA) is 119 Å². The highest BCUT2D eigenvalue weighted by Gasteiger charge is 2.16. The second-order valence-electron chi connectivity index (χ2n) is 6.03. The van der Waals surface area contributed by atoms with E-state index in [4.69, 9.17) is 37.1 Å². The van der Waals surface area contributed by atoms with Crippen LogP contribution in [-0.2, 0) is 9.59 Å². The molecule has 0 fully saturated rings. The van der Waals surface area contributed by atoms with Gasteiger partial charge in [-0.05, 0) is 48.0 Å². The van der Waals surface area contributed by atoms with Crippen molar-refractivity contribution in [2.24, 2.45) is 5.10 Å². The maximum absolute atomic E-state index is 12.0. The summed E-state index contributed by atoms with van der Waals surface area (Å²) in [5.41, 5.74) is 2.78. The average Bonchev–Trinajstić information content (AvgIpc) is 3.33. The third-order valence-electron chi connectivity index (χ3n) is 3.90. The summed E-state index contributed by atoms with van der Waals surface area (Å²) in [7, 11) is 1.40. The first kappa shape index (κ1) is 22.9. The number of ether oxygens (including phenoxy) is 2. The Labute approximate surface area is 191 Å². The molecule has 11 heteroatoms. The molecule has 0 atom stereocenters. The zero-order valence-electron chi connectivity index (χ0n) is 16.4. The van der Waals surface area contributed by atoms with Gasteiger partial charge in [-0.1, -0.05) is 29.3 Å². The number of carbonyl (C=O) groups excluding carboxylic acids is 3. The van der Waals surface area contributed by atoms with E-state index >= 15 is 0 Å². The van der Waals surface area contributed by atoms with Crippen molar-refractivity contribution in [3.63, 3.8) is 0 Å². The molecule has 0 saturated carbocycles. The van der Waals surface area contributed by atoms with Gasteiger partial charge in [-0.15, -0.1) is 0 Å². The van der Waals surface area contributed by atoms with Crippen molar-refractivity contribution < 1.29 is 28.3 Å². The van der Waals surface area contributed by atoms with Crippen molar-refractivity contribution in [3.8, 4) is 11.5 Å². The third-order valence-corrected chi connectivity index (χ3v) is 4.72. The largest absolute Gasteiger partial charge is 0.493 e. The normalized spacial score (nSPS) is 10.6. The fourth-order valence-electron chi connectivity index (χ4n) is 2.39. The number of nitrogens with zero attached hydrogens (tertiary/aromatic N) is 1. The Morgan fingerprint density at radius 1 is 1.03 bits per heavy atom. The Morgan fingerprint density at radius 3 is 2.56 bits per heavy atom. The van der Waals surface area contributed by atoms with Crippen LogP contribution >= 0.6 is 23.2 Å². The van der Waals surface area contributed by atoms with Gasteiger partial charge in [0.2, 0.25) is 5.76 Å². The van der Waals surface area contributed by atoms with Crippen molar-refractivity contribution >= 4 is 52.9 Å². The molecule has 164 valence electrons. The minimum absolute atomic E-state index is 0.0396. The summed E-state index contributed by atoms with van der Waals surface area (Å²) >= 11 is 11.8. The molecule has 1 heterocycles. The van der Waals surface area contributed by atoms with E-state index in [1.807, 2.05) is 0 Å². The Kier molecular flexibility index (Phi) is 7.48. The number of carbonyl (C=O) groups is 3. The molecular weight excluding hydrogens is 461 g/mol. The van der Waals surface area contributed by atoms with Gasteiger partial charge in [-0.2, -0.15) is 5.10 Å². The van der Waals surface area contributed by atoms with Crippen molar-refractivity contribution in [3.05, 3.63) is 76.2 Å². The number of hydrazone groups is 1. The lowest BCUT2D eigenvalue weighted by atomic mass is 10.2. The number of anilines is 1. The Balaban J connectivity index is 1.60. The predicted octanol–water partition coefficient (Wildman–Crippen LogP) is 3.90. The van der Waals surface area contributed by atoms with E-state index in [9.17, 15) is 14.4 Å². The molecule has 0 saturated heterocycles. The van der Waals surface area contributed by atoms with Gasteiger partial charge < -0.3 is 19.2 Å². The van der Waals surface area contributed by atoms with Crippen LogP contribution < -0.4 is 20.2 Å². The summed E-state index contributed by atoms with van der Waals surface area (Å²) in [6, 6.07) is 12.2. The summed E-state index contributed by atoms with van der Waals surface area (Å²) in [4.78, 5) is 35.9. The first-order valence-corrected chi connectivity index (χ1v) is 9.66. The van der Waals surface area contributed by atoms with E-state index in [-0.39, 0.29) is 33.0 Å². The van der Waals surface area contributed by atoms with Gasteiger partial charge in [-0.3, -0.25) is 9.59 Å². The molecule has 2 amide bonds. The van der Waals surface area contributed by atoms with Crippen LogP contribution in [0.15, 0.2) is 64.3 Å². The molecule has 0 unspecified atom stereocenters. The Bertz CT molecular complexity index is 1180. The van der Waals surface area contributed by atoms with Gasteiger partial charge in [0.15, 0.2) is 11.5 Å². The third kappa shape index (κ3) is 5.65. The predicted molar refractivity (Wildman–Crippen MR) is 117 cm³/mol. The number of rotatable bonds is 6. The van der Waals surface area contributed by atoms with E-state index in [1.165, 1.54) is 43.9 Å². The first-order valence-electron chi connectivity index (χ1n) is 8.91. The van der Waals surface area contributed by atoms with Gasteiger partial charge in [0.05, 0.1) is 35.3 Å². The molecular formula is C21H15Cl2N3O6. The standard InChI is InChI=1S/C21H15Cl2N3O6/c1-30-17-10-12(7-8-15(17)32-21(29)16-6-3-9-31-16)11-24-26-20(28)19(27)25-14-5-2-4-13(22)18(14)23/h2-11H,1H3,(H,25,27)(H,26,28). The molecule has 9 nitrogen and oxygen atoms in total. The smallest absolute Gasteiger partial charge is 0.379 e. The van der Waals surface area contributed by atoms with E-state index in [0.717, 1.165) is 0 Å². The molecule has 0 aliphatic rings. The zero-order valence-corrected chi connectivity index (χ0v) is 17.9. The molecule has 0 aliphatic heterocycles. The lowest BCUT2D eigenvalue weighted by Crippen LogP contribution is -2.32. The fraction of sp³-hybridized carbons (Fsp3) is 0.0476. The summed E-state index contributed by atoms with van der Waals surface area (Å²) in [6.07, 6.45) is 2.63.